The minimum atomic E-state index is -1.43. The minimum absolute atomic E-state index is 0.0814. The minimum Gasteiger partial charge on any atom is -0.450 e. The Morgan fingerprint density at radius 2 is 2.29 bits per heavy atom. The molecule has 6 heteroatoms. The molecular formula is C8H7ClFNO3. The smallest absolute Gasteiger partial charge is 0.450 e. The summed E-state index contributed by atoms with van der Waals surface area (Å²) in [5.74, 6) is -0.644. The van der Waals surface area contributed by atoms with Crippen LogP contribution >= 0.6 is 11.6 Å². The fourth-order valence-corrected chi connectivity index (χ4v) is 1.07. The average Bonchev–Trinajstić information content (AvgIpc) is 2.09. The van der Waals surface area contributed by atoms with E-state index < -0.39 is 12.0 Å². The molecule has 0 radical (unpaired) electrons. The van der Waals surface area contributed by atoms with Crippen LogP contribution in [0.15, 0.2) is 12.1 Å². The summed E-state index contributed by atoms with van der Waals surface area (Å²) in [6.07, 6.45) is -1.43. The van der Waals surface area contributed by atoms with Crippen LogP contribution in [0.4, 0.5) is 14.9 Å². The van der Waals surface area contributed by atoms with Gasteiger partial charge in [0.15, 0.2) is 0 Å². The Kier molecular flexibility index (Phi) is 3.14. The van der Waals surface area contributed by atoms with Crippen LogP contribution in [0.1, 0.15) is 5.56 Å². The number of anilines is 1. The third kappa shape index (κ3) is 2.50. The first-order chi connectivity index (χ1) is 6.50. The maximum absolute atomic E-state index is 12.8. The summed E-state index contributed by atoms with van der Waals surface area (Å²) in [5.41, 5.74) is 5.49. The van der Waals surface area contributed by atoms with Gasteiger partial charge >= 0.3 is 6.16 Å². The highest BCUT2D eigenvalue weighted by Gasteiger charge is 2.08. The van der Waals surface area contributed by atoms with Gasteiger partial charge in [0.2, 0.25) is 0 Å². The summed E-state index contributed by atoms with van der Waals surface area (Å²) < 4.78 is 17.0. The zero-order chi connectivity index (χ0) is 10.7. The molecule has 0 aliphatic carbocycles. The molecule has 0 amide bonds. The first-order valence-electron chi connectivity index (χ1n) is 3.60. The van der Waals surface area contributed by atoms with Gasteiger partial charge < -0.3 is 15.6 Å². The number of rotatable bonds is 2. The van der Waals surface area contributed by atoms with Crippen molar-refractivity contribution >= 4 is 23.4 Å². The molecule has 1 aromatic rings. The second-order valence-corrected chi connectivity index (χ2v) is 2.93. The van der Waals surface area contributed by atoms with Crippen molar-refractivity contribution in [2.45, 2.75) is 6.61 Å². The van der Waals surface area contributed by atoms with Crippen molar-refractivity contribution in [3.8, 4) is 0 Å². The monoisotopic (exact) mass is 219 g/mol. The highest BCUT2D eigenvalue weighted by Crippen LogP contribution is 2.22. The first-order valence-corrected chi connectivity index (χ1v) is 3.97. The van der Waals surface area contributed by atoms with Crippen molar-refractivity contribution in [3.05, 3.63) is 28.5 Å². The highest BCUT2D eigenvalue weighted by molar-refractivity contribution is 6.31. The predicted octanol–water partition coefficient (Wildman–Crippen LogP) is 2.26. The van der Waals surface area contributed by atoms with E-state index in [2.05, 4.69) is 4.74 Å². The molecule has 0 saturated heterocycles. The molecule has 4 nitrogen and oxygen atoms in total. The van der Waals surface area contributed by atoms with Gasteiger partial charge in [0.1, 0.15) is 12.4 Å². The fraction of sp³-hybridized carbons (Fsp3) is 0.125. The summed E-state index contributed by atoms with van der Waals surface area (Å²) in [6, 6.07) is 2.25. The van der Waals surface area contributed by atoms with Crippen LogP contribution in [-0.2, 0) is 11.3 Å². The summed E-state index contributed by atoms with van der Waals surface area (Å²) in [4.78, 5) is 10.1. The predicted molar refractivity (Wildman–Crippen MR) is 48.6 cm³/mol. The lowest BCUT2D eigenvalue weighted by molar-refractivity contribution is 0.0854. The maximum Gasteiger partial charge on any atom is 0.506 e. The van der Waals surface area contributed by atoms with Crippen molar-refractivity contribution in [1.29, 1.82) is 0 Å². The summed E-state index contributed by atoms with van der Waals surface area (Å²) in [7, 11) is 0. The normalized spacial score (nSPS) is 9.86. The largest absolute Gasteiger partial charge is 0.506 e. The van der Waals surface area contributed by atoms with Gasteiger partial charge in [-0.2, -0.15) is 0 Å². The molecule has 0 spiro atoms. The Morgan fingerprint density at radius 3 is 2.86 bits per heavy atom. The molecule has 0 heterocycles. The standard InChI is InChI=1S/C8H7ClFNO3/c9-5-2-6(10)7(11)1-4(5)3-14-8(12)13/h1-2H,3,11H2,(H,12,13). The molecule has 0 fully saturated rings. The van der Waals surface area contributed by atoms with E-state index in [4.69, 9.17) is 22.4 Å². The number of ether oxygens (including phenoxy) is 1. The van der Waals surface area contributed by atoms with Gasteiger partial charge in [0.25, 0.3) is 0 Å². The van der Waals surface area contributed by atoms with Crippen LogP contribution in [-0.4, -0.2) is 11.3 Å². The van der Waals surface area contributed by atoms with Crippen LogP contribution in [0.5, 0.6) is 0 Å². The van der Waals surface area contributed by atoms with Crippen molar-refractivity contribution in [1.82, 2.24) is 0 Å². The number of nitrogens with two attached hydrogens (primary N) is 1. The lowest BCUT2D eigenvalue weighted by Gasteiger charge is -2.05. The molecule has 0 unspecified atom stereocenters. The Bertz CT molecular complexity index is 370. The van der Waals surface area contributed by atoms with Crippen LogP contribution in [0.3, 0.4) is 0 Å². The first kappa shape index (κ1) is 10.6. The second kappa shape index (κ2) is 4.15. The lowest BCUT2D eigenvalue weighted by Crippen LogP contribution is -2.02. The number of halogens is 2. The number of nitrogen functional groups attached to an aromatic ring is 1. The summed E-state index contributed by atoms with van der Waals surface area (Å²) in [5, 5.41) is 8.30. The highest BCUT2D eigenvalue weighted by atomic mass is 35.5. The molecule has 0 atom stereocenters. The number of carboxylic acid groups (broad SMARTS) is 1. The van der Waals surface area contributed by atoms with Crippen LogP contribution in [0.2, 0.25) is 5.02 Å². The Labute approximate surface area is 84.0 Å². The zero-order valence-corrected chi connectivity index (χ0v) is 7.71. The van der Waals surface area contributed by atoms with Crippen molar-refractivity contribution in [3.63, 3.8) is 0 Å². The summed E-state index contributed by atoms with van der Waals surface area (Å²) in [6.45, 7) is -0.251. The van der Waals surface area contributed by atoms with Gasteiger partial charge in [-0.05, 0) is 12.1 Å². The molecule has 1 rings (SSSR count). The quantitative estimate of drug-likeness (QED) is 0.591. The third-order valence-corrected chi connectivity index (χ3v) is 1.87. The van der Waals surface area contributed by atoms with E-state index in [1.165, 1.54) is 6.07 Å². The van der Waals surface area contributed by atoms with E-state index in [0.717, 1.165) is 6.07 Å². The number of benzene rings is 1. The number of carbonyl (C=O) groups is 1. The molecule has 0 bridgehead atoms. The number of hydrogen-bond acceptors (Lipinski definition) is 3. The van der Waals surface area contributed by atoms with Gasteiger partial charge in [-0.3, -0.25) is 0 Å². The molecule has 76 valence electrons. The molecule has 1 aromatic carbocycles. The topological polar surface area (TPSA) is 72.5 Å². The Morgan fingerprint density at radius 1 is 1.64 bits per heavy atom. The molecular weight excluding hydrogens is 213 g/mol. The van der Waals surface area contributed by atoms with Crippen molar-refractivity contribution < 1.29 is 19.0 Å². The van der Waals surface area contributed by atoms with E-state index >= 15 is 0 Å². The molecule has 14 heavy (non-hydrogen) atoms. The van der Waals surface area contributed by atoms with Gasteiger partial charge in [-0.15, -0.1) is 0 Å². The zero-order valence-electron chi connectivity index (χ0n) is 6.96. The van der Waals surface area contributed by atoms with Crippen LogP contribution < -0.4 is 5.73 Å². The van der Waals surface area contributed by atoms with Crippen molar-refractivity contribution in [2.75, 3.05) is 5.73 Å². The fourth-order valence-electron chi connectivity index (χ4n) is 0.863. The second-order valence-electron chi connectivity index (χ2n) is 2.52. The summed E-state index contributed by atoms with van der Waals surface area (Å²) >= 11 is 5.62. The van der Waals surface area contributed by atoms with Gasteiger partial charge in [0.05, 0.1) is 10.7 Å². The average molecular weight is 220 g/mol. The molecule has 3 N–H and O–H groups in total. The molecule has 0 saturated carbocycles. The van der Waals surface area contributed by atoms with Crippen LogP contribution in [0.25, 0.3) is 0 Å². The van der Waals surface area contributed by atoms with Gasteiger partial charge in [0, 0.05) is 5.56 Å². The molecule has 0 aliphatic heterocycles. The Hall–Kier alpha value is -1.49. The SMILES string of the molecule is Nc1cc(COC(=O)O)c(Cl)cc1F. The van der Waals surface area contributed by atoms with E-state index in [-0.39, 0.29) is 17.3 Å². The maximum atomic E-state index is 12.8. The van der Waals surface area contributed by atoms with E-state index in [1.54, 1.807) is 0 Å². The van der Waals surface area contributed by atoms with E-state index in [0.29, 0.717) is 5.56 Å². The van der Waals surface area contributed by atoms with Crippen LogP contribution in [0, 0.1) is 5.82 Å². The lowest BCUT2D eigenvalue weighted by atomic mass is 10.2. The molecule has 0 aromatic heterocycles. The molecule has 0 aliphatic rings. The third-order valence-electron chi connectivity index (χ3n) is 1.52. The van der Waals surface area contributed by atoms with E-state index in [1.807, 2.05) is 0 Å². The Balaban J connectivity index is 2.87. The van der Waals surface area contributed by atoms with Gasteiger partial charge in [-0.1, -0.05) is 11.6 Å². The van der Waals surface area contributed by atoms with Crippen molar-refractivity contribution in [2.24, 2.45) is 0 Å². The number of hydrogen-bond donors (Lipinski definition) is 2. The van der Waals surface area contributed by atoms with E-state index in [9.17, 15) is 9.18 Å². The van der Waals surface area contributed by atoms with Gasteiger partial charge in [-0.25, -0.2) is 9.18 Å².